The summed E-state index contributed by atoms with van der Waals surface area (Å²) in [6.07, 6.45) is -2.92. The summed E-state index contributed by atoms with van der Waals surface area (Å²) >= 11 is 0. The van der Waals surface area contributed by atoms with E-state index in [4.69, 9.17) is 0 Å². The first-order valence-corrected chi connectivity index (χ1v) is 12.4. The molecule has 184 valence electrons. The minimum atomic E-state index is -4.59. The Morgan fingerprint density at radius 3 is 2.24 bits per heavy atom. The molecule has 3 heterocycles. The summed E-state index contributed by atoms with van der Waals surface area (Å²) in [7, 11) is -3.18. The number of hydrogen-bond donors (Lipinski definition) is 0. The quantitative estimate of drug-likeness (QED) is 0.598. The van der Waals surface area contributed by atoms with Gasteiger partial charge in [0.15, 0.2) is 11.6 Å². The molecule has 2 saturated heterocycles. The smallest absolute Gasteiger partial charge is 0.337 e. The molecule has 0 saturated carbocycles. The number of carbonyl (C=O) groups excluding carboxylic acids is 1. The SMILES string of the molecule is O=C(C1CCS(=O)(=O)CC1)N1CCN(c2ncc(C(F)(F)F)cn2)CC1c1ccc(F)c(F)c1. The Hall–Kier alpha value is -2.83. The number of amides is 1. The van der Waals surface area contributed by atoms with Gasteiger partial charge >= 0.3 is 6.18 Å². The first-order valence-electron chi connectivity index (χ1n) is 10.5. The maximum Gasteiger partial charge on any atom is 0.419 e. The third-order valence-electron chi connectivity index (χ3n) is 6.14. The summed E-state index contributed by atoms with van der Waals surface area (Å²) in [6, 6.07) is 2.49. The molecule has 2 fully saturated rings. The highest BCUT2D eigenvalue weighted by Gasteiger charge is 2.38. The minimum Gasteiger partial charge on any atom is -0.337 e. The number of nitrogens with zero attached hydrogens (tertiary/aromatic N) is 4. The molecular formula is C21H21F5N4O3S. The van der Waals surface area contributed by atoms with Crippen LogP contribution in [-0.4, -0.2) is 60.3 Å². The Morgan fingerprint density at radius 1 is 1.00 bits per heavy atom. The number of hydrogen-bond acceptors (Lipinski definition) is 6. The van der Waals surface area contributed by atoms with Gasteiger partial charge in [-0.1, -0.05) is 6.07 Å². The average molecular weight is 504 g/mol. The van der Waals surface area contributed by atoms with Gasteiger partial charge in [0.25, 0.3) is 0 Å². The molecule has 2 aliphatic heterocycles. The predicted octanol–water partition coefficient (Wildman–Crippen LogP) is 2.99. The van der Waals surface area contributed by atoms with Gasteiger partial charge in [-0.3, -0.25) is 4.79 Å². The van der Waals surface area contributed by atoms with Crippen molar-refractivity contribution in [2.24, 2.45) is 5.92 Å². The third-order valence-corrected chi connectivity index (χ3v) is 7.86. The van der Waals surface area contributed by atoms with Crippen LogP contribution in [0.4, 0.5) is 27.9 Å². The van der Waals surface area contributed by atoms with Crippen molar-refractivity contribution in [2.75, 3.05) is 36.0 Å². The van der Waals surface area contributed by atoms with Gasteiger partial charge < -0.3 is 9.80 Å². The Balaban J connectivity index is 1.60. The molecular weight excluding hydrogens is 483 g/mol. The van der Waals surface area contributed by atoms with Gasteiger partial charge in [-0.05, 0) is 30.5 Å². The highest BCUT2D eigenvalue weighted by Crippen LogP contribution is 2.33. The molecule has 13 heteroatoms. The molecule has 2 aliphatic rings. The summed E-state index contributed by atoms with van der Waals surface area (Å²) in [5.41, 5.74) is -0.707. The Morgan fingerprint density at radius 2 is 1.65 bits per heavy atom. The Labute approximate surface area is 192 Å². The van der Waals surface area contributed by atoms with E-state index in [-0.39, 0.29) is 55.8 Å². The van der Waals surface area contributed by atoms with Crippen molar-refractivity contribution >= 4 is 21.7 Å². The van der Waals surface area contributed by atoms with Crippen molar-refractivity contribution in [1.29, 1.82) is 0 Å². The van der Waals surface area contributed by atoms with Crippen LogP contribution in [-0.2, 0) is 20.8 Å². The van der Waals surface area contributed by atoms with Crippen LogP contribution in [0.15, 0.2) is 30.6 Å². The maximum atomic E-state index is 14.0. The number of sulfone groups is 1. The van der Waals surface area contributed by atoms with Crippen molar-refractivity contribution in [3.8, 4) is 0 Å². The van der Waals surface area contributed by atoms with Gasteiger partial charge in [-0.15, -0.1) is 0 Å². The van der Waals surface area contributed by atoms with Gasteiger partial charge in [0.2, 0.25) is 11.9 Å². The second kappa shape index (κ2) is 9.08. The molecule has 1 unspecified atom stereocenters. The molecule has 34 heavy (non-hydrogen) atoms. The molecule has 7 nitrogen and oxygen atoms in total. The second-order valence-electron chi connectivity index (χ2n) is 8.36. The van der Waals surface area contributed by atoms with E-state index in [0.29, 0.717) is 18.0 Å². The molecule has 4 rings (SSSR count). The topological polar surface area (TPSA) is 83.5 Å². The van der Waals surface area contributed by atoms with Crippen molar-refractivity contribution in [2.45, 2.75) is 25.1 Å². The van der Waals surface area contributed by atoms with Crippen LogP contribution in [0.3, 0.4) is 0 Å². The fraction of sp³-hybridized carbons (Fsp3) is 0.476. The molecule has 2 aromatic rings. The Kier molecular flexibility index (Phi) is 6.49. The normalized spacial score (nSPS) is 21.5. The zero-order chi connectivity index (χ0) is 24.7. The van der Waals surface area contributed by atoms with E-state index < -0.39 is 45.2 Å². The lowest BCUT2D eigenvalue weighted by Gasteiger charge is -2.43. The largest absolute Gasteiger partial charge is 0.419 e. The van der Waals surface area contributed by atoms with E-state index in [1.807, 2.05) is 0 Å². The summed E-state index contributed by atoms with van der Waals surface area (Å²) in [6.45, 7) is 0.353. The van der Waals surface area contributed by atoms with E-state index in [0.717, 1.165) is 12.1 Å². The summed E-state index contributed by atoms with van der Waals surface area (Å²) in [4.78, 5) is 23.9. The molecule has 0 aliphatic carbocycles. The number of anilines is 1. The highest BCUT2D eigenvalue weighted by atomic mass is 32.2. The summed E-state index contributed by atoms with van der Waals surface area (Å²) in [5.74, 6) is -3.16. The van der Waals surface area contributed by atoms with Crippen LogP contribution in [0.2, 0.25) is 0 Å². The number of aromatic nitrogens is 2. The van der Waals surface area contributed by atoms with E-state index in [9.17, 15) is 35.2 Å². The number of benzene rings is 1. The number of carbonyl (C=O) groups is 1. The first-order chi connectivity index (χ1) is 15.9. The van der Waals surface area contributed by atoms with Crippen LogP contribution in [0.1, 0.15) is 30.0 Å². The van der Waals surface area contributed by atoms with Crippen LogP contribution in [0.25, 0.3) is 0 Å². The minimum absolute atomic E-state index is 0.0106. The Bertz CT molecular complexity index is 1160. The van der Waals surface area contributed by atoms with Gasteiger partial charge in [0, 0.05) is 37.9 Å². The van der Waals surface area contributed by atoms with E-state index in [1.54, 1.807) is 4.90 Å². The zero-order valence-corrected chi connectivity index (χ0v) is 18.6. The van der Waals surface area contributed by atoms with E-state index >= 15 is 0 Å². The molecule has 0 spiro atoms. The van der Waals surface area contributed by atoms with Gasteiger partial charge in [-0.25, -0.2) is 27.2 Å². The summed E-state index contributed by atoms with van der Waals surface area (Å²) < 4.78 is 89.5. The maximum absolute atomic E-state index is 14.0. The van der Waals surface area contributed by atoms with Crippen LogP contribution in [0, 0.1) is 17.6 Å². The van der Waals surface area contributed by atoms with Crippen molar-refractivity contribution in [3.05, 3.63) is 53.4 Å². The van der Waals surface area contributed by atoms with Gasteiger partial charge in [0.05, 0.1) is 23.1 Å². The fourth-order valence-corrected chi connectivity index (χ4v) is 5.73. The summed E-state index contributed by atoms with van der Waals surface area (Å²) in [5, 5.41) is 0. The second-order valence-corrected chi connectivity index (χ2v) is 10.7. The lowest BCUT2D eigenvalue weighted by molar-refractivity contribution is -0.139. The number of rotatable bonds is 3. The molecule has 1 amide bonds. The predicted molar refractivity (Wildman–Crippen MR) is 111 cm³/mol. The van der Waals surface area contributed by atoms with Crippen LogP contribution < -0.4 is 4.90 Å². The van der Waals surface area contributed by atoms with Crippen molar-refractivity contribution in [3.63, 3.8) is 0 Å². The monoisotopic (exact) mass is 504 g/mol. The highest BCUT2D eigenvalue weighted by molar-refractivity contribution is 7.91. The van der Waals surface area contributed by atoms with Gasteiger partial charge in [-0.2, -0.15) is 13.2 Å². The van der Waals surface area contributed by atoms with E-state index in [1.165, 1.54) is 11.0 Å². The van der Waals surface area contributed by atoms with Crippen LogP contribution >= 0.6 is 0 Å². The number of piperazine rings is 1. The molecule has 0 radical (unpaired) electrons. The standard InChI is InChI=1S/C21H21F5N4O3S/c22-16-2-1-14(9-17(16)23)18-12-29(20-27-10-15(11-28-20)21(24,25)26)5-6-30(18)19(31)13-3-7-34(32,33)8-4-13/h1-2,9-11,13,18H,3-8,12H2. The average Bonchev–Trinajstić information content (AvgIpc) is 2.79. The van der Waals surface area contributed by atoms with Crippen molar-refractivity contribution in [1.82, 2.24) is 14.9 Å². The molecule has 1 aromatic carbocycles. The van der Waals surface area contributed by atoms with Crippen LogP contribution in [0.5, 0.6) is 0 Å². The number of halogens is 5. The molecule has 0 N–H and O–H groups in total. The lowest BCUT2D eigenvalue weighted by Crippen LogP contribution is -2.53. The first kappa shape index (κ1) is 24.3. The molecule has 1 aromatic heterocycles. The molecule has 0 bridgehead atoms. The lowest BCUT2D eigenvalue weighted by atomic mass is 9.96. The zero-order valence-electron chi connectivity index (χ0n) is 17.8. The van der Waals surface area contributed by atoms with Crippen molar-refractivity contribution < 1.29 is 35.2 Å². The van der Waals surface area contributed by atoms with E-state index in [2.05, 4.69) is 9.97 Å². The number of alkyl halides is 3. The fourth-order valence-electron chi connectivity index (χ4n) is 4.24. The van der Waals surface area contributed by atoms with Gasteiger partial charge in [0.1, 0.15) is 9.84 Å². The third kappa shape index (κ3) is 5.13. The molecule has 1 atom stereocenters.